The van der Waals surface area contributed by atoms with E-state index in [1.54, 1.807) is 5.38 Å². The summed E-state index contributed by atoms with van der Waals surface area (Å²) in [5.74, 6) is -1.01. The second kappa shape index (κ2) is 6.41. The molecule has 0 unspecified atom stereocenters. The second-order valence-corrected chi connectivity index (χ2v) is 7.70. The van der Waals surface area contributed by atoms with Crippen LogP contribution in [0.25, 0.3) is 0 Å². The van der Waals surface area contributed by atoms with Crippen molar-refractivity contribution in [1.29, 1.82) is 0 Å². The van der Waals surface area contributed by atoms with Gasteiger partial charge in [-0.2, -0.15) is 0 Å². The first-order valence-corrected chi connectivity index (χ1v) is 9.11. The number of hydrogen-bond acceptors (Lipinski definition) is 7. The van der Waals surface area contributed by atoms with Gasteiger partial charge in [0.1, 0.15) is 5.75 Å². The summed E-state index contributed by atoms with van der Waals surface area (Å²) in [4.78, 5) is 14.3. The topological polar surface area (TPSA) is 110 Å². The van der Waals surface area contributed by atoms with Crippen LogP contribution < -0.4 is 0 Å². The van der Waals surface area contributed by atoms with Gasteiger partial charge in [0.05, 0.1) is 27.1 Å². The molecule has 0 amide bonds. The number of non-ortho nitro benzene ring substituents is 1. The average molecular weight is 342 g/mol. The zero-order valence-electron chi connectivity index (χ0n) is 11.7. The van der Waals surface area contributed by atoms with E-state index < -0.39 is 20.5 Å². The van der Waals surface area contributed by atoms with Gasteiger partial charge in [0.25, 0.3) is 5.69 Å². The molecule has 1 N–H and O–H groups in total. The molecule has 2 aromatic rings. The molecule has 0 aliphatic carbocycles. The molecule has 0 saturated carbocycles. The molecule has 0 atom stereocenters. The van der Waals surface area contributed by atoms with Crippen molar-refractivity contribution < 1.29 is 18.4 Å². The van der Waals surface area contributed by atoms with Gasteiger partial charge in [-0.3, -0.25) is 10.1 Å². The molecule has 1 heterocycles. The fraction of sp³-hybridized carbons (Fsp3) is 0.308. The van der Waals surface area contributed by atoms with Crippen molar-refractivity contribution in [3.05, 3.63) is 50.0 Å². The zero-order chi connectivity index (χ0) is 16.3. The number of benzene rings is 1. The minimum atomic E-state index is -3.59. The van der Waals surface area contributed by atoms with Gasteiger partial charge < -0.3 is 5.11 Å². The molecule has 2 rings (SSSR count). The lowest BCUT2D eigenvalue weighted by Gasteiger charge is -2.05. The molecule has 0 aliphatic rings. The van der Waals surface area contributed by atoms with Crippen LogP contribution in [0.4, 0.5) is 5.69 Å². The van der Waals surface area contributed by atoms with Crippen molar-refractivity contribution in [3.8, 4) is 5.75 Å². The highest BCUT2D eigenvalue weighted by Crippen LogP contribution is 2.26. The maximum absolute atomic E-state index is 12.2. The van der Waals surface area contributed by atoms with Crippen LogP contribution in [-0.4, -0.2) is 23.4 Å². The fourth-order valence-electron chi connectivity index (χ4n) is 1.89. The van der Waals surface area contributed by atoms with Crippen LogP contribution in [0.1, 0.15) is 23.2 Å². The van der Waals surface area contributed by atoms with E-state index in [4.69, 9.17) is 0 Å². The molecule has 118 valence electrons. The summed E-state index contributed by atoms with van der Waals surface area (Å²) in [6.07, 6.45) is 0.733. The number of phenolic OH excluding ortho intramolecular Hbond substituents is 1. The fourth-order valence-corrected chi connectivity index (χ4v) is 4.15. The van der Waals surface area contributed by atoms with E-state index in [1.165, 1.54) is 11.3 Å². The van der Waals surface area contributed by atoms with Gasteiger partial charge in [-0.1, -0.05) is 6.92 Å². The van der Waals surface area contributed by atoms with Crippen molar-refractivity contribution in [3.63, 3.8) is 0 Å². The lowest BCUT2D eigenvalue weighted by Crippen LogP contribution is -2.08. The van der Waals surface area contributed by atoms with Gasteiger partial charge in [0.2, 0.25) is 0 Å². The standard InChI is InChI=1S/C13H14N2O5S2/c1-2-13-14-10(6-21-13)8-22(19,20)7-9-5-11(15(17)18)3-4-12(9)16/h3-6,16H,2,7-8H2,1H3. The van der Waals surface area contributed by atoms with Gasteiger partial charge >= 0.3 is 0 Å². The number of aryl methyl sites for hydroxylation is 1. The zero-order valence-corrected chi connectivity index (χ0v) is 13.4. The molecule has 1 aromatic carbocycles. The van der Waals surface area contributed by atoms with Gasteiger partial charge in [0, 0.05) is 23.1 Å². The molecule has 9 heteroatoms. The van der Waals surface area contributed by atoms with Gasteiger partial charge in [-0.05, 0) is 12.5 Å². The Morgan fingerprint density at radius 3 is 2.68 bits per heavy atom. The number of sulfone groups is 1. The molecule has 0 radical (unpaired) electrons. The van der Waals surface area contributed by atoms with E-state index in [-0.39, 0.29) is 22.8 Å². The van der Waals surface area contributed by atoms with E-state index in [1.807, 2.05) is 6.92 Å². The van der Waals surface area contributed by atoms with Crippen LogP contribution in [0.2, 0.25) is 0 Å². The Bertz CT molecular complexity index is 799. The van der Waals surface area contributed by atoms with Crippen molar-refractivity contribution in [2.45, 2.75) is 24.9 Å². The van der Waals surface area contributed by atoms with Gasteiger partial charge in [-0.25, -0.2) is 13.4 Å². The minimum absolute atomic E-state index is 0.0140. The Balaban J connectivity index is 2.21. The number of nitro groups is 1. The van der Waals surface area contributed by atoms with Crippen molar-refractivity contribution in [2.75, 3.05) is 0 Å². The van der Waals surface area contributed by atoms with E-state index >= 15 is 0 Å². The summed E-state index contributed by atoms with van der Waals surface area (Å²) in [5.41, 5.74) is 0.205. The smallest absolute Gasteiger partial charge is 0.270 e. The summed E-state index contributed by atoms with van der Waals surface area (Å²) < 4.78 is 24.4. The molecule has 0 aliphatic heterocycles. The number of nitro benzene ring substituents is 1. The molecule has 0 saturated heterocycles. The number of aromatic hydroxyl groups is 1. The molecule has 22 heavy (non-hydrogen) atoms. The number of rotatable bonds is 6. The number of hydrogen-bond donors (Lipinski definition) is 1. The van der Waals surface area contributed by atoms with Crippen LogP contribution in [0.3, 0.4) is 0 Å². The Kier molecular flexibility index (Phi) is 4.77. The third-order valence-electron chi connectivity index (χ3n) is 2.92. The summed E-state index contributed by atoms with van der Waals surface area (Å²) in [6, 6.07) is 3.33. The van der Waals surface area contributed by atoms with E-state index in [0.717, 1.165) is 29.6 Å². The summed E-state index contributed by atoms with van der Waals surface area (Å²) in [5, 5.41) is 22.9. The Morgan fingerprint density at radius 1 is 1.36 bits per heavy atom. The van der Waals surface area contributed by atoms with Crippen molar-refractivity contribution in [1.82, 2.24) is 4.98 Å². The molecule has 0 fully saturated rings. The molecule has 0 bridgehead atoms. The molecule has 0 spiro atoms. The largest absolute Gasteiger partial charge is 0.508 e. The average Bonchev–Trinajstić information content (AvgIpc) is 2.87. The lowest BCUT2D eigenvalue weighted by atomic mass is 10.2. The normalized spacial score (nSPS) is 11.5. The van der Waals surface area contributed by atoms with Crippen LogP contribution in [-0.2, 0) is 27.8 Å². The monoisotopic (exact) mass is 342 g/mol. The summed E-state index contributed by atoms with van der Waals surface area (Å²) in [6.45, 7) is 1.93. The van der Waals surface area contributed by atoms with E-state index in [0.29, 0.717) is 5.69 Å². The third kappa shape index (κ3) is 4.01. The minimum Gasteiger partial charge on any atom is -0.508 e. The molecular formula is C13H14N2O5S2. The Morgan fingerprint density at radius 2 is 2.09 bits per heavy atom. The number of nitrogens with zero attached hydrogens (tertiary/aromatic N) is 2. The van der Waals surface area contributed by atoms with Crippen molar-refractivity contribution in [2.24, 2.45) is 0 Å². The van der Waals surface area contributed by atoms with Gasteiger partial charge in [0.15, 0.2) is 9.84 Å². The maximum atomic E-state index is 12.2. The third-order valence-corrected chi connectivity index (χ3v) is 5.45. The highest BCUT2D eigenvalue weighted by Gasteiger charge is 2.19. The van der Waals surface area contributed by atoms with Crippen LogP contribution in [0.15, 0.2) is 23.6 Å². The predicted octanol–water partition coefficient (Wildman–Crippen LogP) is 2.43. The van der Waals surface area contributed by atoms with Crippen LogP contribution in [0, 0.1) is 10.1 Å². The first kappa shape index (κ1) is 16.4. The number of aromatic nitrogens is 1. The molecule has 7 nitrogen and oxygen atoms in total. The Labute approximate surface area is 131 Å². The highest BCUT2D eigenvalue weighted by atomic mass is 32.2. The number of phenols is 1. The highest BCUT2D eigenvalue weighted by molar-refractivity contribution is 7.89. The van der Waals surface area contributed by atoms with Crippen LogP contribution >= 0.6 is 11.3 Å². The van der Waals surface area contributed by atoms with Gasteiger partial charge in [-0.15, -0.1) is 11.3 Å². The summed E-state index contributed by atoms with van der Waals surface area (Å²) in [7, 11) is -3.59. The SMILES string of the molecule is CCc1nc(CS(=O)(=O)Cc2cc([N+](=O)[O-])ccc2O)cs1. The van der Waals surface area contributed by atoms with Crippen LogP contribution in [0.5, 0.6) is 5.75 Å². The number of thiazole rings is 1. The predicted molar refractivity (Wildman–Crippen MR) is 82.6 cm³/mol. The van der Waals surface area contributed by atoms with E-state index in [9.17, 15) is 23.6 Å². The first-order chi connectivity index (χ1) is 10.3. The van der Waals surface area contributed by atoms with Crippen molar-refractivity contribution >= 4 is 26.9 Å². The first-order valence-electron chi connectivity index (χ1n) is 6.40. The molecular weight excluding hydrogens is 328 g/mol. The summed E-state index contributed by atoms with van der Waals surface area (Å²) >= 11 is 1.39. The lowest BCUT2D eigenvalue weighted by molar-refractivity contribution is -0.384. The Hall–Kier alpha value is -2.00. The quantitative estimate of drug-likeness (QED) is 0.637. The van der Waals surface area contributed by atoms with E-state index in [2.05, 4.69) is 4.98 Å². The maximum Gasteiger partial charge on any atom is 0.270 e. The second-order valence-electron chi connectivity index (χ2n) is 4.69. The molecule has 1 aromatic heterocycles.